The molecule has 202 valence electrons. The molecule has 1 aliphatic heterocycles. The molecule has 1 saturated heterocycles. The number of aromatic hydroxyl groups is 1. The zero-order valence-electron chi connectivity index (χ0n) is 21.4. The number of aromatic nitrogens is 4. The second kappa shape index (κ2) is 10.2. The number of carbonyl (C=O) groups is 1. The van der Waals surface area contributed by atoms with Gasteiger partial charge >= 0.3 is 0 Å². The molecule has 3 heterocycles. The lowest BCUT2D eigenvalue weighted by Crippen LogP contribution is -2.36. The highest BCUT2D eigenvalue weighted by Gasteiger charge is 2.35. The summed E-state index contributed by atoms with van der Waals surface area (Å²) in [5.74, 6) is -3.11. The lowest BCUT2D eigenvalue weighted by atomic mass is 9.97. The SMILES string of the molecule is COc1cccc(OC)c1-n1c(-c2cnn(C)c2)nc(O)c(C(=O)N2CCC(c3c(F)cccc3F)C2)c1=O. The first-order valence-corrected chi connectivity index (χ1v) is 12.0. The fourth-order valence-electron chi connectivity index (χ4n) is 4.93. The number of nitrogens with zero attached hydrogens (tertiary/aromatic N) is 5. The third-order valence-corrected chi connectivity index (χ3v) is 6.75. The lowest BCUT2D eigenvalue weighted by Gasteiger charge is -2.21. The van der Waals surface area contributed by atoms with E-state index in [1.165, 1.54) is 36.1 Å². The highest BCUT2D eigenvalue weighted by atomic mass is 19.1. The molecule has 1 unspecified atom stereocenters. The van der Waals surface area contributed by atoms with Crippen LogP contribution in [-0.4, -0.2) is 62.6 Å². The van der Waals surface area contributed by atoms with Crippen LogP contribution in [0.25, 0.3) is 17.1 Å². The molecular weight excluding hydrogens is 512 g/mol. The van der Waals surface area contributed by atoms with Crippen LogP contribution in [-0.2, 0) is 7.05 Å². The number of rotatable bonds is 6. The summed E-state index contributed by atoms with van der Waals surface area (Å²) in [7, 11) is 4.51. The summed E-state index contributed by atoms with van der Waals surface area (Å²) in [6, 6.07) is 8.49. The molecule has 10 nitrogen and oxygen atoms in total. The van der Waals surface area contributed by atoms with Crippen molar-refractivity contribution in [1.29, 1.82) is 0 Å². The molecule has 2 aromatic heterocycles. The lowest BCUT2D eigenvalue weighted by molar-refractivity contribution is 0.0784. The summed E-state index contributed by atoms with van der Waals surface area (Å²) >= 11 is 0. The van der Waals surface area contributed by atoms with Crippen LogP contribution in [0.15, 0.2) is 53.6 Å². The number of aryl methyl sites for hydroxylation is 1. The molecule has 1 aliphatic rings. The van der Waals surface area contributed by atoms with Crippen molar-refractivity contribution in [2.24, 2.45) is 7.05 Å². The summed E-state index contributed by atoms with van der Waals surface area (Å²) in [4.78, 5) is 33.2. The van der Waals surface area contributed by atoms with E-state index in [2.05, 4.69) is 10.1 Å². The van der Waals surface area contributed by atoms with Gasteiger partial charge in [0, 0.05) is 37.8 Å². The Morgan fingerprint density at radius 1 is 1.08 bits per heavy atom. The summed E-state index contributed by atoms with van der Waals surface area (Å²) in [5, 5.41) is 15.0. The number of hydrogen-bond donors (Lipinski definition) is 1. The van der Waals surface area contributed by atoms with E-state index in [0.717, 1.165) is 16.7 Å². The molecule has 0 spiro atoms. The molecular formula is C27H25F2N5O5. The fraction of sp³-hybridized carbons (Fsp3) is 0.259. The third kappa shape index (κ3) is 4.47. The third-order valence-electron chi connectivity index (χ3n) is 6.75. The molecule has 4 aromatic rings. The number of carbonyl (C=O) groups excluding carboxylic acids is 1. The second-order valence-electron chi connectivity index (χ2n) is 9.06. The molecule has 0 saturated carbocycles. The smallest absolute Gasteiger partial charge is 0.275 e. The Morgan fingerprint density at radius 3 is 2.31 bits per heavy atom. The van der Waals surface area contributed by atoms with Crippen LogP contribution in [0.5, 0.6) is 17.4 Å². The van der Waals surface area contributed by atoms with Gasteiger partial charge in [-0.25, -0.2) is 8.78 Å². The van der Waals surface area contributed by atoms with Crippen LogP contribution < -0.4 is 15.0 Å². The number of amides is 1. The van der Waals surface area contributed by atoms with Crippen LogP contribution in [0.2, 0.25) is 0 Å². The van der Waals surface area contributed by atoms with Gasteiger partial charge in [0.05, 0.1) is 26.0 Å². The number of likely N-dealkylation sites (tertiary alicyclic amines) is 1. The van der Waals surface area contributed by atoms with Gasteiger partial charge in [0.2, 0.25) is 5.88 Å². The largest absolute Gasteiger partial charge is 0.494 e. The van der Waals surface area contributed by atoms with Crippen molar-refractivity contribution in [3.05, 3.63) is 81.9 Å². The molecule has 39 heavy (non-hydrogen) atoms. The molecule has 12 heteroatoms. The summed E-state index contributed by atoms with van der Waals surface area (Å²) in [6.07, 6.45) is 3.32. The number of methoxy groups -OCH3 is 2. The van der Waals surface area contributed by atoms with E-state index in [4.69, 9.17) is 9.47 Å². The molecule has 2 aromatic carbocycles. The monoisotopic (exact) mass is 537 g/mol. The van der Waals surface area contributed by atoms with E-state index in [-0.39, 0.29) is 48.1 Å². The molecule has 1 fully saturated rings. The van der Waals surface area contributed by atoms with Gasteiger partial charge < -0.3 is 19.5 Å². The van der Waals surface area contributed by atoms with E-state index >= 15 is 0 Å². The Balaban J connectivity index is 1.65. The standard InChI is InChI=1S/C27H25F2N5O5/c1-32-13-16(12-30-32)24-31-25(35)22(27(37)34(24)23-19(38-2)8-5-9-20(23)39-3)26(36)33-11-10-15(14-33)21-17(28)6-4-7-18(21)29/h4-9,12-13,15,35H,10-11,14H2,1-3H3. The first kappa shape index (κ1) is 25.9. The second-order valence-corrected chi connectivity index (χ2v) is 9.06. The minimum absolute atomic E-state index is 0.00215. The Hall–Kier alpha value is -4.74. The summed E-state index contributed by atoms with van der Waals surface area (Å²) < 4.78 is 42.4. The van der Waals surface area contributed by atoms with Crippen molar-refractivity contribution in [3.63, 3.8) is 0 Å². The van der Waals surface area contributed by atoms with Crippen molar-refractivity contribution in [2.75, 3.05) is 27.3 Å². The van der Waals surface area contributed by atoms with Crippen molar-refractivity contribution in [2.45, 2.75) is 12.3 Å². The van der Waals surface area contributed by atoms with Crippen LogP contribution in [0.3, 0.4) is 0 Å². The molecule has 5 rings (SSSR count). The van der Waals surface area contributed by atoms with Crippen LogP contribution in [0.1, 0.15) is 28.3 Å². The average Bonchev–Trinajstić information content (AvgIpc) is 3.57. The maximum absolute atomic E-state index is 14.4. The van der Waals surface area contributed by atoms with Gasteiger partial charge in [-0.15, -0.1) is 0 Å². The maximum atomic E-state index is 14.4. The van der Waals surface area contributed by atoms with Gasteiger partial charge in [-0.1, -0.05) is 12.1 Å². The first-order valence-electron chi connectivity index (χ1n) is 12.0. The minimum Gasteiger partial charge on any atom is -0.494 e. The number of halogens is 2. The Bertz CT molecular complexity index is 1590. The highest BCUT2D eigenvalue weighted by Crippen LogP contribution is 2.36. The van der Waals surface area contributed by atoms with Crippen LogP contribution >= 0.6 is 0 Å². The topological polar surface area (TPSA) is 112 Å². The summed E-state index contributed by atoms with van der Waals surface area (Å²) in [6.45, 7) is 0.0798. The van der Waals surface area contributed by atoms with Gasteiger partial charge in [-0.2, -0.15) is 10.1 Å². The van der Waals surface area contributed by atoms with Gasteiger partial charge in [0.15, 0.2) is 11.4 Å². The Morgan fingerprint density at radius 2 is 1.72 bits per heavy atom. The van der Waals surface area contributed by atoms with Crippen molar-refractivity contribution < 1.29 is 28.2 Å². The number of benzene rings is 2. The molecule has 1 amide bonds. The van der Waals surface area contributed by atoms with E-state index in [1.807, 2.05) is 0 Å². The van der Waals surface area contributed by atoms with Crippen molar-refractivity contribution in [3.8, 4) is 34.5 Å². The zero-order valence-corrected chi connectivity index (χ0v) is 21.4. The molecule has 0 aliphatic carbocycles. The molecule has 1 atom stereocenters. The normalized spacial score (nSPS) is 15.0. The van der Waals surface area contributed by atoms with Gasteiger partial charge in [0.25, 0.3) is 11.5 Å². The van der Waals surface area contributed by atoms with Crippen LogP contribution in [0, 0.1) is 11.6 Å². The molecule has 1 N–H and O–H groups in total. The molecule has 0 radical (unpaired) electrons. The van der Waals surface area contributed by atoms with E-state index in [1.54, 1.807) is 31.4 Å². The summed E-state index contributed by atoms with van der Waals surface area (Å²) in [5.41, 5.74) is -1.04. The highest BCUT2D eigenvalue weighted by molar-refractivity contribution is 5.96. The van der Waals surface area contributed by atoms with Gasteiger partial charge in [0.1, 0.15) is 28.8 Å². The number of hydrogen-bond acceptors (Lipinski definition) is 7. The van der Waals surface area contributed by atoms with E-state index in [0.29, 0.717) is 5.56 Å². The van der Waals surface area contributed by atoms with E-state index < -0.39 is 40.5 Å². The fourth-order valence-corrected chi connectivity index (χ4v) is 4.93. The average molecular weight is 538 g/mol. The predicted molar refractivity (Wildman–Crippen MR) is 136 cm³/mol. The number of para-hydroxylation sites is 1. The number of ether oxygens (including phenoxy) is 2. The Kier molecular flexibility index (Phi) is 6.77. The predicted octanol–water partition coefficient (Wildman–Crippen LogP) is 3.26. The van der Waals surface area contributed by atoms with Gasteiger partial charge in [-0.3, -0.25) is 18.8 Å². The minimum atomic E-state index is -0.880. The quantitative estimate of drug-likeness (QED) is 0.402. The first-order chi connectivity index (χ1) is 18.7. The van der Waals surface area contributed by atoms with E-state index in [9.17, 15) is 23.5 Å². The van der Waals surface area contributed by atoms with Crippen LogP contribution in [0.4, 0.5) is 8.78 Å². The Labute approximate surface area is 221 Å². The zero-order chi connectivity index (χ0) is 27.8. The van der Waals surface area contributed by atoms with Gasteiger partial charge in [-0.05, 0) is 30.7 Å². The van der Waals surface area contributed by atoms with Crippen molar-refractivity contribution in [1.82, 2.24) is 24.2 Å². The maximum Gasteiger partial charge on any atom is 0.275 e. The van der Waals surface area contributed by atoms with Crippen molar-refractivity contribution >= 4 is 5.91 Å². The molecule has 0 bridgehead atoms.